The highest BCUT2D eigenvalue weighted by molar-refractivity contribution is 9.10. The van der Waals surface area contributed by atoms with Crippen LogP contribution in [0.15, 0.2) is 34.8 Å². The molecule has 2 amide bonds. The number of nitrogens with one attached hydrogen (secondary N) is 1. The number of halogens is 3. The number of rotatable bonds is 6. The van der Waals surface area contributed by atoms with Crippen LogP contribution in [-0.4, -0.2) is 44.5 Å². The smallest absolute Gasteiger partial charge is 0.254 e. The molecule has 0 aliphatic rings. The molecule has 2 rings (SSSR count). The predicted octanol–water partition coefficient (Wildman–Crippen LogP) is 4.48. The summed E-state index contributed by atoms with van der Waals surface area (Å²) < 4.78 is 11.1. The van der Waals surface area contributed by atoms with Crippen LogP contribution in [0.1, 0.15) is 10.4 Å². The van der Waals surface area contributed by atoms with Crippen molar-refractivity contribution in [2.24, 2.45) is 0 Å². The Morgan fingerprint density at radius 1 is 1.07 bits per heavy atom. The van der Waals surface area contributed by atoms with Crippen LogP contribution in [0.25, 0.3) is 0 Å². The van der Waals surface area contributed by atoms with Gasteiger partial charge in [0, 0.05) is 18.3 Å². The molecule has 0 saturated heterocycles. The van der Waals surface area contributed by atoms with E-state index in [2.05, 4.69) is 21.2 Å². The Kier molecular flexibility index (Phi) is 7.35. The van der Waals surface area contributed by atoms with E-state index in [1.54, 1.807) is 24.3 Å². The normalized spacial score (nSPS) is 10.3. The molecule has 0 atom stereocenters. The van der Waals surface area contributed by atoms with Crippen molar-refractivity contribution in [3.05, 3.63) is 50.4 Å². The van der Waals surface area contributed by atoms with Crippen molar-refractivity contribution < 1.29 is 19.1 Å². The van der Waals surface area contributed by atoms with Crippen molar-refractivity contribution in [1.29, 1.82) is 0 Å². The first-order chi connectivity index (χ1) is 12.8. The summed E-state index contributed by atoms with van der Waals surface area (Å²) in [6.45, 7) is -0.153. The largest absolute Gasteiger partial charge is 0.495 e. The predicted molar refractivity (Wildman–Crippen MR) is 109 cm³/mol. The average molecular weight is 476 g/mol. The molecule has 0 spiro atoms. The van der Waals surface area contributed by atoms with Crippen molar-refractivity contribution in [3.63, 3.8) is 0 Å². The second-order valence-corrected chi connectivity index (χ2v) is 7.14. The number of nitrogens with zero attached hydrogens (tertiary/aromatic N) is 1. The van der Waals surface area contributed by atoms with Crippen molar-refractivity contribution in [2.75, 3.05) is 33.1 Å². The molecule has 0 bridgehead atoms. The Labute approximate surface area is 175 Å². The molecule has 0 fully saturated rings. The summed E-state index contributed by atoms with van der Waals surface area (Å²) in [7, 11) is 4.50. The molecule has 0 aliphatic heterocycles. The van der Waals surface area contributed by atoms with Gasteiger partial charge in [0.05, 0.1) is 30.8 Å². The number of carbonyl (C=O) groups is 2. The van der Waals surface area contributed by atoms with Gasteiger partial charge in [-0.2, -0.15) is 0 Å². The Morgan fingerprint density at radius 3 is 2.19 bits per heavy atom. The number of benzene rings is 2. The summed E-state index contributed by atoms with van der Waals surface area (Å²) in [6.07, 6.45) is 0. The van der Waals surface area contributed by atoms with E-state index in [0.29, 0.717) is 37.3 Å². The molecule has 2 aromatic carbocycles. The molecule has 0 aliphatic carbocycles. The zero-order valence-electron chi connectivity index (χ0n) is 14.8. The molecule has 144 valence electrons. The molecule has 0 unspecified atom stereocenters. The summed E-state index contributed by atoms with van der Waals surface area (Å²) in [4.78, 5) is 26.2. The van der Waals surface area contributed by atoms with Gasteiger partial charge in [-0.25, -0.2) is 0 Å². The van der Waals surface area contributed by atoms with Crippen molar-refractivity contribution in [2.45, 2.75) is 0 Å². The number of carbonyl (C=O) groups excluding carboxylic acids is 2. The number of likely N-dealkylation sites (N-methyl/N-ethyl adjacent to an activating group) is 1. The van der Waals surface area contributed by atoms with E-state index in [0.717, 1.165) is 0 Å². The van der Waals surface area contributed by atoms with Gasteiger partial charge in [-0.1, -0.05) is 23.2 Å². The van der Waals surface area contributed by atoms with Crippen LogP contribution in [0, 0.1) is 0 Å². The highest BCUT2D eigenvalue weighted by atomic mass is 79.9. The number of methoxy groups -OCH3 is 2. The Balaban J connectivity index is 2.10. The van der Waals surface area contributed by atoms with E-state index in [1.807, 2.05) is 0 Å². The van der Waals surface area contributed by atoms with Crippen molar-refractivity contribution in [1.82, 2.24) is 4.90 Å². The van der Waals surface area contributed by atoms with Crippen molar-refractivity contribution >= 4 is 56.6 Å². The molecule has 1 N–H and O–H groups in total. The minimum Gasteiger partial charge on any atom is -0.495 e. The zero-order valence-corrected chi connectivity index (χ0v) is 17.9. The summed E-state index contributed by atoms with van der Waals surface area (Å²) in [5.74, 6) is 0.168. The van der Waals surface area contributed by atoms with E-state index in [-0.39, 0.29) is 18.4 Å². The van der Waals surface area contributed by atoms with Gasteiger partial charge in [-0.05, 0) is 46.3 Å². The first-order valence-electron chi connectivity index (χ1n) is 7.68. The lowest BCUT2D eigenvalue weighted by Gasteiger charge is -2.18. The molecule has 2 aromatic rings. The third-order valence-corrected chi connectivity index (χ3v) is 5.14. The fraction of sp³-hybridized carbons (Fsp3) is 0.222. The molecule has 0 radical (unpaired) electrons. The molecule has 0 heterocycles. The van der Waals surface area contributed by atoms with Gasteiger partial charge in [-0.3, -0.25) is 9.59 Å². The molecule has 6 nitrogen and oxygen atoms in total. The first-order valence-corrected chi connectivity index (χ1v) is 9.23. The second-order valence-electron chi connectivity index (χ2n) is 5.53. The summed E-state index contributed by atoms with van der Waals surface area (Å²) in [5.41, 5.74) is 0.818. The van der Waals surface area contributed by atoms with E-state index in [1.165, 1.54) is 32.2 Å². The lowest BCUT2D eigenvalue weighted by molar-refractivity contribution is -0.116. The SMILES string of the molecule is COc1cc(C(=O)N(C)CC(=O)Nc2ccc(Cl)c(Cl)c2)cc(OC)c1Br. The summed E-state index contributed by atoms with van der Waals surface area (Å²) >= 11 is 15.1. The van der Waals surface area contributed by atoms with E-state index < -0.39 is 0 Å². The number of amides is 2. The summed E-state index contributed by atoms with van der Waals surface area (Å²) in [5, 5.41) is 3.38. The van der Waals surface area contributed by atoms with Gasteiger partial charge in [0.25, 0.3) is 5.91 Å². The molecule has 27 heavy (non-hydrogen) atoms. The molecule has 0 saturated carbocycles. The standard InChI is InChI=1S/C18H17BrCl2N2O4/c1-23(9-16(24)22-11-4-5-12(20)13(21)8-11)18(25)10-6-14(26-2)17(19)15(7-10)27-3/h4-8H,9H2,1-3H3,(H,22,24). The Bertz CT molecular complexity index is 851. The highest BCUT2D eigenvalue weighted by Crippen LogP contribution is 2.35. The van der Waals surface area contributed by atoms with Crippen LogP contribution in [0.5, 0.6) is 11.5 Å². The average Bonchev–Trinajstić information content (AvgIpc) is 2.64. The van der Waals surface area contributed by atoms with E-state index in [9.17, 15) is 9.59 Å². The Hall–Kier alpha value is -1.96. The van der Waals surface area contributed by atoms with Crippen molar-refractivity contribution in [3.8, 4) is 11.5 Å². The minimum absolute atomic E-state index is 0.153. The molecule has 9 heteroatoms. The first kappa shape index (κ1) is 21.3. The fourth-order valence-electron chi connectivity index (χ4n) is 2.27. The maximum atomic E-state index is 12.7. The molecule has 0 aromatic heterocycles. The number of anilines is 1. The lowest BCUT2D eigenvalue weighted by Crippen LogP contribution is -2.35. The van der Waals surface area contributed by atoms with Crippen LogP contribution in [0.3, 0.4) is 0 Å². The second kappa shape index (κ2) is 9.30. The van der Waals surface area contributed by atoms with Gasteiger partial charge in [0.15, 0.2) is 0 Å². The maximum Gasteiger partial charge on any atom is 0.254 e. The van der Waals surface area contributed by atoms with Gasteiger partial charge < -0.3 is 19.7 Å². The third kappa shape index (κ3) is 5.28. The topological polar surface area (TPSA) is 67.9 Å². The monoisotopic (exact) mass is 474 g/mol. The van der Waals surface area contributed by atoms with E-state index in [4.69, 9.17) is 32.7 Å². The fourth-order valence-corrected chi connectivity index (χ4v) is 3.13. The Morgan fingerprint density at radius 2 is 1.67 bits per heavy atom. The van der Waals surface area contributed by atoms with Crippen LogP contribution >= 0.6 is 39.1 Å². The number of hydrogen-bond acceptors (Lipinski definition) is 4. The van der Waals surface area contributed by atoms with Gasteiger partial charge in [0.1, 0.15) is 16.0 Å². The van der Waals surface area contributed by atoms with Crippen LogP contribution in [-0.2, 0) is 4.79 Å². The molecular formula is C18H17BrCl2N2O4. The number of hydrogen-bond donors (Lipinski definition) is 1. The van der Waals surface area contributed by atoms with E-state index >= 15 is 0 Å². The maximum absolute atomic E-state index is 12.7. The highest BCUT2D eigenvalue weighted by Gasteiger charge is 2.19. The van der Waals surface area contributed by atoms with Gasteiger partial charge in [-0.15, -0.1) is 0 Å². The lowest BCUT2D eigenvalue weighted by atomic mass is 10.1. The quantitative estimate of drug-likeness (QED) is 0.668. The minimum atomic E-state index is -0.375. The van der Waals surface area contributed by atoms with Crippen LogP contribution in [0.4, 0.5) is 5.69 Å². The van der Waals surface area contributed by atoms with Gasteiger partial charge in [0.2, 0.25) is 5.91 Å². The van der Waals surface area contributed by atoms with Crippen LogP contribution < -0.4 is 14.8 Å². The third-order valence-electron chi connectivity index (χ3n) is 3.62. The molecular weight excluding hydrogens is 459 g/mol. The zero-order chi connectivity index (χ0) is 20.1. The number of ether oxygens (including phenoxy) is 2. The summed E-state index contributed by atoms with van der Waals surface area (Å²) in [6, 6.07) is 7.88. The van der Waals surface area contributed by atoms with Gasteiger partial charge >= 0.3 is 0 Å². The van der Waals surface area contributed by atoms with Crippen LogP contribution in [0.2, 0.25) is 10.0 Å².